The van der Waals surface area contributed by atoms with Crippen molar-refractivity contribution in [2.45, 2.75) is 5.40 Å². The molecule has 4 N–H and O–H groups in total. The molecule has 0 aromatic rings. The summed E-state index contributed by atoms with van der Waals surface area (Å²) in [5.74, 6) is 0. The van der Waals surface area contributed by atoms with E-state index >= 15 is 0 Å². The maximum Gasteiger partial charge on any atom is 0.354 e. The van der Waals surface area contributed by atoms with Crippen LogP contribution in [0.1, 0.15) is 0 Å². The first-order valence-corrected chi connectivity index (χ1v) is 5.56. The highest BCUT2D eigenvalue weighted by Gasteiger charge is 2.43. The van der Waals surface area contributed by atoms with Gasteiger partial charge in [0.05, 0.1) is 6.07 Å². The summed E-state index contributed by atoms with van der Waals surface area (Å²) in [6.45, 7) is 0. The zero-order valence-corrected chi connectivity index (χ0v) is 6.81. The van der Waals surface area contributed by atoms with Gasteiger partial charge in [0.25, 0.3) is 0 Å². The Hall–Kier alpha value is -0.210. The summed E-state index contributed by atoms with van der Waals surface area (Å²) in [4.78, 5) is 32.8. The van der Waals surface area contributed by atoms with Crippen LogP contribution in [0, 0.1) is 11.3 Å². The fourth-order valence-corrected chi connectivity index (χ4v) is 2.21. The van der Waals surface area contributed by atoms with Crippen molar-refractivity contribution in [3.63, 3.8) is 0 Å². The summed E-state index contributed by atoms with van der Waals surface area (Å²) in [6, 6.07) is 0.856. The Bertz CT molecular complexity index is 245. The summed E-state index contributed by atoms with van der Waals surface area (Å²) in [7, 11) is -10.0. The molecule has 9 heteroatoms. The first-order chi connectivity index (χ1) is 4.69. The van der Waals surface area contributed by atoms with Crippen LogP contribution >= 0.6 is 15.2 Å². The SMILES string of the molecule is N#CC(P(=O)(O)O)P(=O)(O)O. The van der Waals surface area contributed by atoms with Gasteiger partial charge in [-0.3, -0.25) is 9.13 Å². The molecule has 64 valence electrons. The average Bonchev–Trinajstić information content (AvgIpc) is 1.56. The monoisotopic (exact) mass is 201 g/mol. The molecule has 0 bridgehead atoms. The molecule has 0 amide bonds. The van der Waals surface area contributed by atoms with Crippen molar-refractivity contribution in [3.8, 4) is 6.07 Å². The van der Waals surface area contributed by atoms with Crippen LogP contribution in [-0.4, -0.2) is 25.0 Å². The molecule has 0 aromatic heterocycles. The van der Waals surface area contributed by atoms with Gasteiger partial charge in [0.15, 0.2) is 0 Å². The number of nitrogens with zero attached hydrogens (tertiary/aromatic N) is 1. The van der Waals surface area contributed by atoms with E-state index in [1.807, 2.05) is 0 Å². The topological polar surface area (TPSA) is 139 Å². The zero-order valence-electron chi connectivity index (χ0n) is 5.02. The van der Waals surface area contributed by atoms with Gasteiger partial charge in [-0.05, 0) is 0 Å². The van der Waals surface area contributed by atoms with Crippen molar-refractivity contribution in [2.75, 3.05) is 0 Å². The Kier molecular flexibility index (Phi) is 2.98. The summed E-state index contributed by atoms with van der Waals surface area (Å²) < 4.78 is 20.4. The van der Waals surface area contributed by atoms with Crippen molar-refractivity contribution in [1.29, 1.82) is 5.26 Å². The minimum atomic E-state index is -5.02. The highest BCUT2D eigenvalue weighted by Crippen LogP contribution is 2.59. The van der Waals surface area contributed by atoms with Crippen LogP contribution in [-0.2, 0) is 9.13 Å². The van der Waals surface area contributed by atoms with Crippen LogP contribution in [0.15, 0.2) is 0 Å². The second kappa shape index (κ2) is 3.03. The standard InChI is InChI=1S/C2H5NO6P2/c3-1-2(10(4,5)6)11(7,8)9/h2H,(H2,4,5,6)(H2,7,8,9). The summed E-state index contributed by atoms with van der Waals surface area (Å²) in [6.07, 6.45) is 0. The molecule has 0 atom stereocenters. The third-order valence-electron chi connectivity index (χ3n) is 0.753. The Balaban J connectivity index is 4.92. The molecule has 0 saturated carbocycles. The average molecular weight is 201 g/mol. The molecule has 0 fully saturated rings. The molecule has 0 unspecified atom stereocenters. The predicted octanol–water partition coefficient (Wildman–Crippen LogP) is -0.809. The highest BCUT2D eigenvalue weighted by molar-refractivity contribution is 7.71. The molecule has 0 aliphatic rings. The lowest BCUT2D eigenvalue weighted by atomic mass is 10.9. The number of hydrogen-bond donors (Lipinski definition) is 4. The lowest BCUT2D eigenvalue weighted by molar-refractivity contribution is 0.348. The first kappa shape index (κ1) is 10.8. The van der Waals surface area contributed by atoms with Crippen molar-refractivity contribution in [1.82, 2.24) is 0 Å². The minimum Gasteiger partial charge on any atom is -0.323 e. The molecule has 7 nitrogen and oxygen atoms in total. The quantitative estimate of drug-likeness (QED) is 0.428. The molecule has 11 heavy (non-hydrogen) atoms. The fraction of sp³-hybridized carbons (Fsp3) is 0.500. The summed E-state index contributed by atoms with van der Waals surface area (Å²) >= 11 is 0. The first-order valence-electron chi connectivity index (χ1n) is 2.19. The van der Waals surface area contributed by atoms with Crippen molar-refractivity contribution in [3.05, 3.63) is 0 Å². The van der Waals surface area contributed by atoms with E-state index in [1.165, 1.54) is 0 Å². The highest BCUT2D eigenvalue weighted by atomic mass is 31.2. The number of nitriles is 1. The molecule has 0 rings (SSSR count). The molecule has 0 saturated heterocycles. The van der Waals surface area contributed by atoms with Gasteiger partial charge in [-0.15, -0.1) is 0 Å². The Labute approximate surface area is 61.6 Å². The lowest BCUT2D eigenvalue weighted by Crippen LogP contribution is -2.05. The minimum absolute atomic E-state index is 0.856. The third-order valence-corrected chi connectivity index (χ3v) is 4.06. The Morgan fingerprint density at radius 2 is 1.36 bits per heavy atom. The van der Waals surface area contributed by atoms with Gasteiger partial charge in [-0.25, -0.2) is 0 Å². The predicted molar refractivity (Wildman–Crippen MR) is 33.5 cm³/mol. The molecule has 0 aliphatic heterocycles. The zero-order chi connectivity index (χ0) is 9.28. The molecule has 0 aliphatic carbocycles. The van der Waals surface area contributed by atoms with E-state index in [1.54, 1.807) is 0 Å². The largest absolute Gasteiger partial charge is 0.354 e. The van der Waals surface area contributed by atoms with Crippen LogP contribution in [0.5, 0.6) is 0 Å². The molecule has 0 spiro atoms. The third kappa shape index (κ3) is 3.12. The molecule has 0 radical (unpaired) electrons. The van der Waals surface area contributed by atoms with Gasteiger partial charge in [-0.2, -0.15) is 5.26 Å². The second-order valence-electron chi connectivity index (χ2n) is 1.68. The number of hydrogen-bond acceptors (Lipinski definition) is 3. The van der Waals surface area contributed by atoms with Gasteiger partial charge < -0.3 is 19.6 Å². The van der Waals surface area contributed by atoms with Crippen LogP contribution in [0.2, 0.25) is 0 Å². The van der Waals surface area contributed by atoms with Gasteiger partial charge in [0, 0.05) is 0 Å². The second-order valence-corrected chi connectivity index (χ2v) is 5.48. The smallest absolute Gasteiger partial charge is 0.323 e. The Morgan fingerprint density at radius 1 is 1.09 bits per heavy atom. The Morgan fingerprint density at radius 3 is 1.36 bits per heavy atom. The van der Waals surface area contributed by atoms with Crippen molar-refractivity contribution in [2.24, 2.45) is 0 Å². The maximum absolute atomic E-state index is 10.2. The molecule has 0 aromatic carbocycles. The molecular formula is C2H5NO6P2. The van der Waals surface area contributed by atoms with Crippen molar-refractivity contribution < 1.29 is 28.7 Å². The lowest BCUT2D eigenvalue weighted by Gasteiger charge is -2.11. The van der Waals surface area contributed by atoms with Crippen LogP contribution in [0.3, 0.4) is 0 Å². The van der Waals surface area contributed by atoms with E-state index in [-0.39, 0.29) is 0 Å². The van der Waals surface area contributed by atoms with E-state index in [2.05, 4.69) is 0 Å². The van der Waals surface area contributed by atoms with E-state index in [0.29, 0.717) is 0 Å². The number of rotatable bonds is 2. The van der Waals surface area contributed by atoms with Crippen LogP contribution < -0.4 is 0 Å². The maximum atomic E-state index is 10.2. The van der Waals surface area contributed by atoms with Gasteiger partial charge in [-0.1, -0.05) is 0 Å². The molecule has 0 heterocycles. The normalized spacial score (nSPS) is 13.1. The molecular weight excluding hydrogens is 196 g/mol. The van der Waals surface area contributed by atoms with Gasteiger partial charge in [0.1, 0.15) is 0 Å². The summed E-state index contributed by atoms with van der Waals surface area (Å²) in [5.41, 5.74) is 0. The van der Waals surface area contributed by atoms with Crippen molar-refractivity contribution >= 4 is 15.2 Å². The van der Waals surface area contributed by atoms with Crippen LogP contribution in [0.4, 0.5) is 0 Å². The van der Waals surface area contributed by atoms with Gasteiger partial charge >= 0.3 is 15.2 Å². The van der Waals surface area contributed by atoms with Gasteiger partial charge in [0.2, 0.25) is 5.40 Å². The van der Waals surface area contributed by atoms with E-state index in [4.69, 9.17) is 24.8 Å². The summed E-state index contributed by atoms with van der Waals surface area (Å²) in [5, 5.41) is 5.42. The van der Waals surface area contributed by atoms with E-state index in [0.717, 1.165) is 6.07 Å². The van der Waals surface area contributed by atoms with E-state index < -0.39 is 20.6 Å². The van der Waals surface area contributed by atoms with Crippen LogP contribution in [0.25, 0.3) is 0 Å². The fourth-order valence-electron chi connectivity index (χ4n) is 0.346. The van der Waals surface area contributed by atoms with E-state index in [9.17, 15) is 9.13 Å².